The van der Waals surface area contributed by atoms with E-state index in [4.69, 9.17) is 9.97 Å². The predicted octanol–water partition coefficient (Wildman–Crippen LogP) is 10.2. The van der Waals surface area contributed by atoms with Crippen molar-refractivity contribution in [3.05, 3.63) is 133 Å². The van der Waals surface area contributed by atoms with Crippen LogP contribution < -0.4 is 0 Å². The Balaban J connectivity index is 1.45. The zero-order valence-corrected chi connectivity index (χ0v) is 23.7. The predicted molar refractivity (Wildman–Crippen MR) is 181 cm³/mol. The van der Waals surface area contributed by atoms with Gasteiger partial charge in [-0.3, -0.25) is 9.13 Å². The van der Waals surface area contributed by atoms with Crippen LogP contribution in [0, 0.1) is 0 Å². The van der Waals surface area contributed by atoms with E-state index in [2.05, 4.69) is 143 Å². The van der Waals surface area contributed by atoms with Gasteiger partial charge in [-0.2, -0.15) is 4.98 Å². The van der Waals surface area contributed by atoms with Gasteiger partial charge in [0.2, 0.25) is 5.95 Å². The van der Waals surface area contributed by atoms with Gasteiger partial charge in [0.15, 0.2) is 5.82 Å². The van der Waals surface area contributed by atoms with Crippen molar-refractivity contribution in [3.8, 4) is 11.8 Å². The Morgan fingerprint density at radius 1 is 0.419 bits per heavy atom. The maximum absolute atomic E-state index is 5.54. The summed E-state index contributed by atoms with van der Waals surface area (Å²) in [6, 6.07) is 47.5. The normalized spacial score (nSPS) is 12.2. The van der Waals surface area contributed by atoms with E-state index in [-0.39, 0.29) is 0 Å². The van der Waals surface area contributed by atoms with Gasteiger partial charge in [0.1, 0.15) is 4.83 Å². The highest BCUT2D eigenvalue weighted by atomic mass is 32.1. The molecule has 4 nitrogen and oxygen atoms in total. The van der Waals surface area contributed by atoms with Gasteiger partial charge in [-0.15, -0.1) is 11.3 Å². The van der Waals surface area contributed by atoms with E-state index in [1.165, 1.54) is 42.4 Å². The highest BCUT2D eigenvalue weighted by molar-refractivity contribution is 7.25. The van der Waals surface area contributed by atoms with Gasteiger partial charge in [-0.1, -0.05) is 103 Å². The highest BCUT2D eigenvalue weighted by Gasteiger charge is 2.23. The quantitative estimate of drug-likeness (QED) is 0.209. The fourth-order valence-electron chi connectivity index (χ4n) is 6.96. The third-order valence-corrected chi connectivity index (χ3v) is 9.81. The van der Waals surface area contributed by atoms with E-state index in [0.717, 1.165) is 38.1 Å². The fraction of sp³-hybridized carbons (Fsp3) is 0. The standard InChI is InChI=1S/C38H22N4S/c1-2-12-24-23(11-1)21-22-33-34(24)35-36(41-29-17-7-3-13-25(29)26-14-4-8-18-30(26)41)39-38(40-37(35)43-33)42-31-19-9-5-15-27(31)28-16-6-10-20-32(28)42/h1-22H. The molecule has 0 aliphatic heterocycles. The summed E-state index contributed by atoms with van der Waals surface area (Å²) in [6.07, 6.45) is 0. The van der Waals surface area contributed by atoms with Crippen molar-refractivity contribution in [1.29, 1.82) is 0 Å². The summed E-state index contributed by atoms with van der Waals surface area (Å²) in [5.74, 6) is 1.58. The minimum absolute atomic E-state index is 0.678. The fourth-order valence-corrected chi connectivity index (χ4v) is 8.04. The molecule has 10 rings (SSSR count). The second-order valence-corrected chi connectivity index (χ2v) is 12.1. The third-order valence-electron chi connectivity index (χ3n) is 8.76. The summed E-state index contributed by atoms with van der Waals surface area (Å²) in [5.41, 5.74) is 4.47. The van der Waals surface area contributed by atoms with Gasteiger partial charge in [-0.05, 0) is 41.1 Å². The number of thiophene rings is 1. The lowest BCUT2D eigenvalue weighted by Crippen LogP contribution is -2.06. The first-order chi connectivity index (χ1) is 21.3. The van der Waals surface area contributed by atoms with Crippen LogP contribution in [-0.4, -0.2) is 19.1 Å². The maximum Gasteiger partial charge on any atom is 0.238 e. The van der Waals surface area contributed by atoms with Crippen LogP contribution in [0.5, 0.6) is 0 Å². The number of nitrogens with zero attached hydrogens (tertiary/aromatic N) is 4. The van der Waals surface area contributed by atoms with Crippen LogP contribution in [0.2, 0.25) is 0 Å². The van der Waals surface area contributed by atoms with Crippen LogP contribution in [0.4, 0.5) is 0 Å². The molecule has 0 aliphatic rings. The zero-order valence-electron chi connectivity index (χ0n) is 22.9. The van der Waals surface area contributed by atoms with Gasteiger partial charge < -0.3 is 0 Å². The van der Waals surface area contributed by atoms with Crippen molar-refractivity contribution in [3.63, 3.8) is 0 Å². The molecule has 200 valence electrons. The molecule has 43 heavy (non-hydrogen) atoms. The summed E-state index contributed by atoms with van der Waals surface area (Å²) >= 11 is 1.74. The average molecular weight is 567 g/mol. The minimum Gasteiger partial charge on any atom is -0.293 e. The van der Waals surface area contributed by atoms with Crippen LogP contribution in [0.25, 0.3) is 86.5 Å². The summed E-state index contributed by atoms with van der Waals surface area (Å²) < 4.78 is 5.79. The molecule has 0 fully saturated rings. The van der Waals surface area contributed by atoms with Gasteiger partial charge in [-0.25, -0.2) is 4.98 Å². The smallest absolute Gasteiger partial charge is 0.238 e. The largest absolute Gasteiger partial charge is 0.293 e. The van der Waals surface area contributed by atoms with Crippen LogP contribution in [0.1, 0.15) is 0 Å². The second kappa shape index (κ2) is 8.51. The molecule has 0 unspecified atom stereocenters. The van der Waals surface area contributed by atoms with E-state index in [1.54, 1.807) is 11.3 Å². The van der Waals surface area contributed by atoms with Gasteiger partial charge in [0.25, 0.3) is 0 Å². The number of rotatable bonds is 2. The number of hydrogen-bond donors (Lipinski definition) is 0. The molecule has 10 aromatic rings. The average Bonchev–Trinajstić information content (AvgIpc) is 3.72. The topological polar surface area (TPSA) is 35.6 Å². The molecule has 0 saturated heterocycles. The Morgan fingerprint density at radius 3 is 1.49 bits per heavy atom. The molecule has 0 atom stereocenters. The van der Waals surface area contributed by atoms with Gasteiger partial charge in [0.05, 0.1) is 27.5 Å². The first-order valence-corrected chi connectivity index (χ1v) is 15.3. The van der Waals surface area contributed by atoms with Crippen molar-refractivity contribution in [2.75, 3.05) is 0 Å². The number of hydrogen-bond acceptors (Lipinski definition) is 3. The van der Waals surface area contributed by atoms with Crippen LogP contribution in [0.15, 0.2) is 133 Å². The van der Waals surface area contributed by atoms with Gasteiger partial charge >= 0.3 is 0 Å². The molecule has 0 N–H and O–H groups in total. The molecule has 0 radical (unpaired) electrons. The molecule has 0 amide bonds. The molecule has 4 heterocycles. The molecular weight excluding hydrogens is 545 g/mol. The highest BCUT2D eigenvalue weighted by Crippen LogP contribution is 2.43. The number of para-hydroxylation sites is 4. The molecular formula is C38H22N4S. The third kappa shape index (κ3) is 3.09. The first kappa shape index (κ1) is 23.1. The van der Waals surface area contributed by atoms with Crippen molar-refractivity contribution in [1.82, 2.24) is 19.1 Å². The Kier molecular flexibility index (Phi) is 4.57. The second-order valence-electron chi connectivity index (χ2n) is 11.0. The Hall–Kier alpha value is -5.52. The van der Waals surface area contributed by atoms with E-state index < -0.39 is 0 Å². The van der Waals surface area contributed by atoms with Crippen molar-refractivity contribution < 1.29 is 0 Å². The summed E-state index contributed by atoms with van der Waals surface area (Å²) in [5, 5.41) is 9.57. The van der Waals surface area contributed by atoms with E-state index in [1.807, 2.05) is 0 Å². The molecule has 0 spiro atoms. The Labute approximate surface area is 249 Å². The van der Waals surface area contributed by atoms with Crippen molar-refractivity contribution in [2.45, 2.75) is 0 Å². The first-order valence-electron chi connectivity index (χ1n) is 14.4. The summed E-state index contributed by atoms with van der Waals surface area (Å²) in [4.78, 5) is 11.9. The SMILES string of the molecule is c1ccc2c(c1)ccc1sc3nc(-n4c5ccccc5c5ccccc54)nc(-n4c5ccccc5c5ccccc54)c3c12. The lowest BCUT2D eigenvalue weighted by atomic mass is 10.0. The molecule has 0 saturated carbocycles. The monoisotopic (exact) mass is 566 g/mol. The lowest BCUT2D eigenvalue weighted by molar-refractivity contribution is 0.977. The van der Waals surface area contributed by atoms with Crippen molar-refractivity contribution >= 4 is 86.0 Å². The van der Waals surface area contributed by atoms with E-state index in [9.17, 15) is 0 Å². The van der Waals surface area contributed by atoms with Crippen LogP contribution in [0.3, 0.4) is 0 Å². The molecule has 0 bridgehead atoms. The summed E-state index contributed by atoms with van der Waals surface area (Å²) in [7, 11) is 0. The Morgan fingerprint density at radius 2 is 0.907 bits per heavy atom. The number of fused-ring (bicyclic) bond motifs is 11. The molecule has 0 aliphatic carbocycles. The van der Waals surface area contributed by atoms with E-state index >= 15 is 0 Å². The molecule has 4 aromatic heterocycles. The Bertz CT molecular complexity index is 2640. The molecule has 5 heteroatoms. The van der Waals surface area contributed by atoms with Crippen molar-refractivity contribution in [2.24, 2.45) is 0 Å². The molecule has 6 aromatic carbocycles. The van der Waals surface area contributed by atoms with Gasteiger partial charge in [0, 0.05) is 31.6 Å². The maximum atomic E-state index is 5.54. The van der Waals surface area contributed by atoms with E-state index in [0.29, 0.717) is 5.95 Å². The number of benzene rings is 6. The van der Waals surface area contributed by atoms with Crippen LogP contribution in [-0.2, 0) is 0 Å². The number of aromatic nitrogens is 4. The minimum atomic E-state index is 0.678. The summed E-state index contributed by atoms with van der Waals surface area (Å²) in [6.45, 7) is 0. The zero-order chi connectivity index (χ0) is 28.1. The lowest BCUT2D eigenvalue weighted by Gasteiger charge is -2.13. The van der Waals surface area contributed by atoms with Crippen LogP contribution >= 0.6 is 11.3 Å².